The second-order valence-electron chi connectivity index (χ2n) is 5.55. The van der Waals surface area contributed by atoms with Crippen LogP contribution >= 0.6 is 0 Å². The molecule has 0 unspecified atom stereocenters. The summed E-state index contributed by atoms with van der Waals surface area (Å²) >= 11 is 0. The fourth-order valence-corrected chi connectivity index (χ4v) is 2.92. The van der Waals surface area contributed by atoms with E-state index in [-0.39, 0.29) is 11.7 Å². The van der Waals surface area contributed by atoms with Crippen LogP contribution in [0.4, 0.5) is 0 Å². The fraction of sp³-hybridized carbons (Fsp3) is 0.438. The van der Waals surface area contributed by atoms with E-state index in [1.54, 1.807) is 6.20 Å². The highest BCUT2D eigenvalue weighted by molar-refractivity contribution is 5.82. The molecule has 4 heteroatoms. The van der Waals surface area contributed by atoms with Gasteiger partial charge >= 0.3 is 0 Å². The standard InChI is InChI=1S/C16H20N2O2/c17-10-11-1-3-13(4-2-11)20-14-5-6-15-12(9-14)7-8-18-16(15)19/h5-9,11,13H,1-4,10,17H2,(H,18,19). The lowest BCUT2D eigenvalue weighted by Gasteiger charge is -2.28. The predicted molar refractivity (Wildman–Crippen MR) is 80.0 cm³/mol. The maximum atomic E-state index is 11.6. The Kier molecular flexibility index (Phi) is 3.74. The van der Waals surface area contributed by atoms with Gasteiger partial charge in [0.1, 0.15) is 5.75 Å². The minimum absolute atomic E-state index is 0.0579. The molecule has 0 aliphatic heterocycles. The molecule has 1 aromatic carbocycles. The van der Waals surface area contributed by atoms with E-state index in [0.29, 0.717) is 11.3 Å². The van der Waals surface area contributed by atoms with Crippen LogP contribution in [0.5, 0.6) is 5.75 Å². The Bertz CT molecular complexity index is 642. The molecule has 1 fully saturated rings. The highest BCUT2D eigenvalue weighted by Crippen LogP contribution is 2.28. The highest BCUT2D eigenvalue weighted by atomic mass is 16.5. The maximum Gasteiger partial charge on any atom is 0.255 e. The van der Waals surface area contributed by atoms with Crippen molar-refractivity contribution in [3.05, 3.63) is 40.8 Å². The Morgan fingerprint density at radius 2 is 2.00 bits per heavy atom. The molecule has 0 saturated heterocycles. The number of benzene rings is 1. The molecular formula is C16H20N2O2. The van der Waals surface area contributed by atoms with Crippen molar-refractivity contribution in [2.75, 3.05) is 6.54 Å². The van der Waals surface area contributed by atoms with Crippen LogP contribution in [0.25, 0.3) is 10.8 Å². The first-order chi connectivity index (χ1) is 9.76. The Balaban J connectivity index is 1.74. The van der Waals surface area contributed by atoms with Gasteiger partial charge in [-0.15, -0.1) is 0 Å². The van der Waals surface area contributed by atoms with Gasteiger partial charge in [0.2, 0.25) is 0 Å². The van der Waals surface area contributed by atoms with E-state index in [9.17, 15) is 4.79 Å². The zero-order valence-electron chi connectivity index (χ0n) is 11.5. The molecular weight excluding hydrogens is 252 g/mol. The summed E-state index contributed by atoms with van der Waals surface area (Å²) in [6, 6.07) is 7.55. The van der Waals surface area contributed by atoms with E-state index in [0.717, 1.165) is 43.4 Å². The molecule has 2 aromatic rings. The number of nitrogens with two attached hydrogens (primary N) is 1. The number of hydrogen-bond acceptors (Lipinski definition) is 3. The third-order valence-corrected chi connectivity index (χ3v) is 4.17. The zero-order valence-corrected chi connectivity index (χ0v) is 11.5. The van der Waals surface area contributed by atoms with Crippen molar-refractivity contribution in [1.29, 1.82) is 0 Å². The predicted octanol–water partition coefficient (Wildman–Crippen LogP) is 2.42. The van der Waals surface area contributed by atoms with E-state index in [1.807, 2.05) is 24.3 Å². The van der Waals surface area contributed by atoms with Crippen molar-refractivity contribution in [2.45, 2.75) is 31.8 Å². The van der Waals surface area contributed by atoms with Gasteiger partial charge in [-0.2, -0.15) is 0 Å². The molecule has 0 radical (unpaired) electrons. The molecule has 0 amide bonds. The van der Waals surface area contributed by atoms with Gasteiger partial charge in [-0.1, -0.05) is 0 Å². The van der Waals surface area contributed by atoms with Gasteiger partial charge in [0.05, 0.1) is 6.10 Å². The van der Waals surface area contributed by atoms with Crippen molar-refractivity contribution < 1.29 is 4.74 Å². The molecule has 3 rings (SSSR count). The summed E-state index contributed by atoms with van der Waals surface area (Å²) in [5, 5.41) is 1.62. The topological polar surface area (TPSA) is 68.1 Å². The van der Waals surface area contributed by atoms with Gasteiger partial charge in [-0.25, -0.2) is 0 Å². The number of hydrogen-bond donors (Lipinski definition) is 2. The number of rotatable bonds is 3. The number of fused-ring (bicyclic) bond motifs is 1. The van der Waals surface area contributed by atoms with Crippen LogP contribution in [0.1, 0.15) is 25.7 Å². The van der Waals surface area contributed by atoms with Gasteiger partial charge < -0.3 is 15.5 Å². The Labute approximate surface area is 117 Å². The van der Waals surface area contributed by atoms with Crippen molar-refractivity contribution in [3.8, 4) is 5.75 Å². The summed E-state index contributed by atoms with van der Waals surface area (Å²) in [6.07, 6.45) is 6.37. The van der Waals surface area contributed by atoms with Gasteiger partial charge in [0, 0.05) is 11.6 Å². The van der Waals surface area contributed by atoms with E-state index < -0.39 is 0 Å². The zero-order chi connectivity index (χ0) is 13.9. The lowest BCUT2D eigenvalue weighted by molar-refractivity contribution is 0.133. The van der Waals surface area contributed by atoms with Crippen LogP contribution in [-0.2, 0) is 0 Å². The first-order valence-corrected chi connectivity index (χ1v) is 7.24. The smallest absolute Gasteiger partial charge is 0.255 e. The monoisotopic (exact) mass is 272 g/mol. The number of H-pyrrole nitrogens is 1. The largest absolute Gasteiger partial charge is 0.490 e. The van der Waals surface area contributed by atoms with Crippen LogP contribution in [0.15, 0.2) is 35.3 Å². The quantitative estimate of drug-likeness (QED) is 0.901. The van der Waals surface area contributed by atoms with Crippen molar-refractivity contribution in [2.24, 2.45) is 11.7 Å². The molecule has 0 bridgehead atoms. The molecule has 0 atom stereocenters. The number of nitrogens with one attached hydrogen (secondary N) is 1. The SMILES string of the molecule is NCC1CCC(Oc2ccc3c(=O)[nH]ccc3c2)CC1. The molecule has 106 valence electrons. The lowest BCUT2D eigenvalue weighted by atomic mass is 9.87. The molecule has 1 saturated carbocycles. The third-order valence-electron chi connectivity index (χ3n) is 4.17. The van der Waals surface area contributed by atoms with Gasteiger partial charge in [-0.05, 0) is 67.8 Å². The molecule has 1 aliphatic carbocycles. The van der Waals surface area contributed by atoms with Crippen molar-refractivity contribution in [3.63, 3.8) is 0 Å². The molecule has 1 heterocycles. The molecule has 20 heavy (non-hydrogen) atoms. The minimum Gasteiger partial charge on any atom is -0.490 e. The highest BCUT2D eigenvalue weighted by Gasteiger charge is 2.21. The lowest BCUT2D eigenvalue weighted by Crippen LogP contribution is -2.27. The second kappa shape index (κ2) is 5.67. The summed E-state index contributed by atoms with van der Waals surface area (Å²) in [5.41, 5.74) is 5.65. The Hall–Kier alpha value is -1.81. The van der Waals surface area contributed by atoms with Gasteiger partial charge in [0.25, 0.3) is 5.56 Å². The van der Waals surface area contributed by atoms with Crippen LogP contribution in [0, 0.1) is 5.92 Å². The van der Waals surface area contributed by atoms with E-state index in [4.69, 9.17) is 10.5 Å². The summed E-state index contributed by atoms with van der Waals surface area (Å²) < 4.78 is 6.04. The number of aromatic nitrogens is 1. The summed E-state index contributed by atoms with van der Waals surface area (Å²) in [7, 11) is 0. The van der Waals surface area contributed by atoms with Crippen LogP contribution < -0.4 is 16.0 Å². The van der Waals surface area contributed by atoms with Crippen molar-refractivity contribution >= 4 is 10.8 Å². The molecule has 1 aliphatic rings. The van der Waals surface area contributed by atoms with Crippen molar-refractivity contribution in [1.82, 2.24) is 4.98 Å². The summed E-state index contributed by atoms with van der Waals surface area (Å²) in [4.78, 5) is 14.3. The van der Waals surface area contributed by atoms with Crippen LogP contribution in [0.2, 0.25) is 0 Å². The van der Waals surface area contributed by atoms with Gasteiger partial charge in [-0.3, -0.25) is 4.79 Å². The first-order valence-electron chi connectivity index (χ1n) is 7.24. The minimum atomic E-state index is -0.0579. The summed E-state index contributed by atoms with van der Waals surface area (Å²) in [6.45, 7) is 0.783. The van der Waals surface area contributed by atoms with Crippen LogP contribution in [0.3, 0.4) is 0 Å². The van der Waals surface area contributed by atoms with E-state index >= 15 is 0 Å². The molecule has 1 aromatic heterocycles. The maximum absolute atomic E-state index is 11.6. The fourth-order valence-electron chi connectivity index (χ4n) is 2.92. The summed E-state index contributed by atoms with van der Waals surface area (Å²) in [5.74, 6) is 1.50. The third kappa shape index (κ3) is 2.70. The van der Waals surface area contributed by atoms with Crippen LogP contribution in [-0.4, -0.2) is 17.6 Å². The molecule has 3 N–H and O–H groups in total. The normalized spacial score (nSPS) is 22.9. The van der Waals surface area contributed by atoms with E-state index in [2.05, 4.69) is 4.98 Å². The Morgan fingerprint density at radius 3 is 2.75 bits per heavy atom. The number of ether oxygens (including phenoxy) is 1. The molecule has 0 spiro atoms. The number of pyridine rings is 1. The average Bonchev–Trinajstić information content (AvgIpc) is 2.48. The number of aromatic amines is 1. The van der Waals surface area contributed by atoms with Gasteiger partial charge in [0.15, 0.2) is 0 Å². The van der Waals surface area contributed by atoms with E-state index in [1.165, 1.54) is 0 Å². The average molecular weight is 272 g/mol. The first kappa shape index (κ1) is 13.2. The second-order valence-corrected chi connectivity index (χ2v) is 5.55. The molecule has 4 nitrogen and oxygen atoms in total. The Morgan fingerprint density at radius 1 is 1.20 bits per heavy atom.